The van der Waals surface area contributed by atoms with Crippen molar-refractivity contribution in [1.29, 1.82) is 0 Å². The van der Waals surface area contributed by atoms with Crippen molar-refractivity contribution in [2.75, 3.05) is 13.7 Å². The Bertz CT molecular complexity index is 355. The lowest BCUT2D eigenvalue weighted by Crippen LogP contribution is -2.43. The summed E-state index contributed by atoms with van der Waals surface area (Å²) >= 11 is 0. The van der Waals surface area contributed by atoms with Crippen LogP contribution in [0, 0.1) is 0 Å². The van der Waals surface area contributed by atoms with Gasteiger partial charge < -0.3 is 28.4 Å². The zero-order chi connectivity index (χ0) is 13.8. The van der Waals surface area contributed by atoms with Crippen LogP contribution in [0.1, 0.15) is 27.7 Å². The van der Waals surface area contributed by atoms with E-state index in [1.165, 1.54) is 0 Å². The van der Waals surface area contributed by atoms with E-state index in [0.29, 0.717) is 6.61 Å². The molecular formula is C13H22O6. The first kappa shape index (κ1) is 13.7. The molecule has 0 aromatic carbocycles. The largest absolute Gasteiger partial charge is 0.376 e. The number of hydrogen-bond donors (Lipinski definition) is 0. The summed E-state index contributed by atoms with van der Waals surface area (Å²) in [6.07, 6.45) is -1.25. The summed E-state index contributed by atoms with van der Waals surface area (Å²) in [7, 11) is 1.65. The van der Waals surface area contributed by atoms with E-state index in [-0.39, 0.29) is 24.4 Å². The molecular weight excluding hydrogens is 252 g/mol. The fourth-order valence-electron chi connectivity index (χ4n) is 2.95. The Labute approximate surface area is 113 Å². The lowest BCUT2D eigenvalue weighted by molar-refractivity contribution is -0.234. The molecule has 0 radical (unpaired) electrons. The van der Waals surface area contributed by atoms with Crippen LogP contribution in [0.25, 0.3) is 0 Å². The first-order chi connectivity index (χ1) is 8.81. The van der Waals surface area contributed by atoms with Crippen molar-refractivity contribution in [1.82, 2.24) is 0 Å². The smallest absolute Gasteiger partial charge is 0.190 e. The Morgan fingerprint density at radius 1 is 0.947 bits per heavy atom. The van der Waals surface area contributed by atoms with E-state index in [1.54, 1.807) is 7.11 Å². The van der Waals surface area contributed by atoms with Crippen LogP contribution >= 0.6 is 0 Å². The van der Waals surface area contributed by atoms with Crippen LogP contribution in [0.15, 0.2) is 0 Å². The maximum Gasteiger partial charge on any atom is 0.190 e. The summed E-state index contributed by atoms with van der Waals surface area (Å²) in [5, 5.41) is 0. The van der Waals surface area contributed by atoms with Crippen molar-refractivity contribution in [2.24, 2.45) is 0 Å². The van der Waals surface area contributed by atoms with Crippen LogP contribution in [-0.4, -0.2) is 56.0 Å². The Hall–Kier alpha value is -0.240. The topological polar surface area (TPSA) is 55.4 Å². The molecule has 6 heteroatoms. The van der Waals surface area contributed by atoms with E-state index in [9.17, 15) is 0 Å². The van der Waals surface area contributed by atoms with Crippen LogP contribution in [0.3, 0.4) is 0 Å². The second kappa shape index (κ2) is 4.38. The summed E-state index contributed by atoms with van der Waals surface area (Å²) in [5.74, 6) is -1.21. The summed E-state index contributed by atoms with van der Waals surface area (Å²) < 4.78 is 34.5. The van der Waals surface area contributed by atoms with Gasteiger partial charge >= 0.3 is 0 Å². The minimum atomic E-state index is -0.636. The number of rotatable bonds is 2. The molecule has 3 rings (SSSR count). The predicted octanol–water partition coefficient (Wildman–Crippen LogP) is 1.03. The van der Waals surface area contributed by atoms with Crippen molar-refractivity contribution in [3.8, 4) is 0 Å². The highest BCUT2D eigenvalue weighted by molar-refractivity contribution is 4.98. The molecule has 0 N–H and O–H groups in total. The lowest BCUT2D eigenvalue weighted by Gasteiger charge is -2.28. The summed E-state index contributed by atoms with van der Waals surface area (Å²) in [5.41, 5.74) is 0. The number of ether oxygens (including phenoxy) is 6. The Morgan fingerprint density at radius 2 is 1.68 bits per heavy atom. The van der Waals surface area contributed by atoms with Gasteiger partial charge in [-0.3, -0.25) is 0 Å². The van der Waals surface area contributed by atoms with Gasteiger partial charge in [0, 0.05) is 7.11 Å². The molecule has 0 amide bonds. The molecule has 0 saturated carbocycles. The van der Waals surface area contributed by atoms with Crippen molar-refractivity contribution in [2.45, 2.75) is 70.0 Å². The first-order valence-corrected chi connectivity index (χ1v) is 6.67. The summed E-state index contributed by atoms with van der Waals surface area (Å²) in [6, 6.07) is 0. The van der Waals surface area contributed by atoms with Crippen LogP contribution < -0.4 is 0 Å². The van der Waals surface area contributed by atoms with Gasteiger partial charge in [0.15, 0.2) is 17.9 Å². The highest BCUT2D eigenvalue weighted by Crippen LogP contribution is 2.41. The van der Waals surface area contributed by atoms with Crippen LogP contribution in [0.4, 0.5) is 0 Å². The Morgan fingerprint density at radius 3 is 2.26 bits per heavy atom. The van der Waals surface area contributed by atoms with Gasteiger partial charge in [0.05, 0.1) is 6.61 Å². The maximum absolute atomic E-state index is 5.92. The highest BCUT2D eigenvalue weighted by Gasteiger charge is 2.58. The highest BCUT2D eigenvalue weighted by atomic mass is 16.8. The molecule has 6 nitrogen and oxygen atoms in total. The fraction of sp³-hybridized carbons (Fsp3) is 1.00. The zero-order valence-corrected chi connectivity index (χ0v) is 12.0. The second-order valence-electron chi connectivity index (χ2n) is 6.14. The SMILES string of the molecule is COC1C2OC(C)(C)O[C@H]2O[C@@H]1C1COC(C)(C)O1. The van der Waals surface area contributed by atoms with Gasteiger partial charge in [-0.05, 0) is 27.7 Å². The normalized spacial score (nSPS) is 47.5. The summed E-state index contributed by atoms with van der Waals surface area (Å²) in [6.45, 7) is 8.01. The van der Waals surface area contributed by atoms with Crippen LogP contribution in [0.5, 0.6) is 0 Å². The van der Waals surface area contributed by atoms with E-state index >= 15 is 0 Å². The lowest BCUT2D eigenvalue weighted by atomic mass is 10.1. The van der Waals surface area contributed by atoms with Crippen molar-refractivity contribution in [3.05, 3.63) is 0 Å². The van der Waals surface area contributed by atoms with Gasteiger partial charge in [0.1, 0.15) is 24.4 Å². The first-order valence-electron chi connectivity index (χ1n) is 6.67. The third-order valence-corrected chi connectivity index (χ3v) is 3.70. The predicted molar refractivity (Wildman–Crippen MR) is 64.4 cm³/mol. The Balaban J connectivity index is 1.72. The molecule has 3 fully saturated rings. The average Bonchev–Trinajstić information content (AvgIpc) is 2.87. The van der Waals surface area contributed by atoms with Gasteiger partial charge in [-0.15, -0.1) is 0 Å². The maximum atomic E-state index is 5.92. The van der Waals surface area contributed by atoms with Crippen molar-refractivity contribution in [3.63, 3.8) is 0 Å². The van der Waals surface area contributed by atoms with Crippen molar-refractivity contribution >= 4 is 0 Å². The minimum Gasteiger partial charge on any atom is -0.376 e. The molecule has 19 heavy (non-hydrogen) atoms. The molecule has 0 aromatic heterocycles. The van der Waals surface area contributed by atoms with Crippen molar-refractivity contribution < 1.29 is 28.4 Å². The van der Waals surface area contributed by atoms with E-state index in [4.69, 9.17) is 28.4 Å². The standard InChI is InChI=1S/C13H22O6/c1-12(2)15-6-7(17-12)8-9(14-5)10-11(16-8)19-13(3,4)18-10/h7-11H,6H2,1-5H3/t7?,8-,9?,10?,11-/m1/s1. The number of methoxy groups -OCH3 is 1. The zero-order valence-electron chi connectivity index (χ0n) is 12.0. The molecule has 0 spiro atoms. The molecule has 3 unspecified atom stereocenters. The average molecular weight is 274 g/mol. The number of fused-ring (bicyclic) bond motifs is 1. The van der Waals surface area contributed by atoms with Crippen LogP contribution in [-0.2, 0) is 28.4 Å². The van der Waals surface area contributed by atoms with E-state index in [2.05, 4.69) is 0 Å². The van der Waals surface area contributed by atoms with Crippen LogP contribution in [0.2, 0.25) is 0 Å². The third kappa shape index (κ3) is 2.41. The fourth-order valence-corrected chi connectivity index (χ4v) is 2.95. The molecule has 110 valence electrons. The van der Waals surface area contributed by atoms with E-state index in [1.807, 2.05) is 27.7 Å². The second-order valence-corrected chi connectivity index (χ2v) is 6.14. The molecule has 5 atom stereocenters. The molecule has 3 aliphatic rings. The van der Waals surface area contributed by atoms with E-state index < -0.39 is 17.9 Å². The van der Waals surface area contributed by atoms with E-state index in [0.717, 1.165) is 0 Å². The third-order valence-electron chi connectivity index (χ3n) is 3.70. The minimum absolute atomic E-state index is 0.166. The quantitative estimate of drug-likeness (QED) is 0.749. The molecule has 0 aliphatic carbocycles. The molecule has 3 aliphatic heterocycles. The summed E-state index contributed by atoms with van der Waals surface area (Å²) in [4.78, 5) is 0. The van der Waals surface area contributed by atoms with Gasteiger partial charge in [-0.1, -0.05) is 0 Å². The molecule has 0 aromatic rings. The Kier molecular flexibility index (Phi) is 3.16. The van der Waals surface area contributed by atoms with Gasteiger partial charge in [-0.2, -0.15) is 0 Å². The number of hydrogen-bond acceptors (Lipinski definition) is 6. The monoisotopic (exact) mass is 274 g/mol. The van der Waals surface area contributed by atoms with Gasteiger partial charge in [0.25, 0.3) is 0 Å². The molecule has 0 bridgehead atoms. The molecule has 3 heterocycles. The van der Waals surface area contributed by atoms with Gasteiger partial charge in [-0.25, -0.2) is 0 Å². The van der Waals surface area contributed by atoms with Gasteiger partial charge in [0.2, 0.25) is 0 Å². The molecule has 3 saturated heterocycles.